The Morgan fingerprint density at radius 3 is 2.55 bits per heavy atom. The summed E-state index contributed by atoms with van der Waals surface area (Å²) < 4.78 is 14.4. The van der Waals surface area contributed by atoms with Crippen molar-refractivity contribution in [3.05, 3.63) is 65.8 Å². The van der Waals surface area contributed by atoms with E-state index in [2.05, 4.69) is 13.2 Å². The van der Waals surface area contributed by atoms with Crippen LogP contribution in [0.1, 0.15) is 30.0 Å². The first-order chi connectivity index (χ1) is 9.43. The van der Waals surface area contributed by atoms with Crippen molar-refractivity contribution in [2.24, 2.45) is 5.73 Å². The average Bonchev–Trinajstić information content (AvgIpc) is 2.44. The Hall–Kier alpha value is -1.87. The molecule has 108 valence electrons. The van der Waals surface area contributed by atoms with Crippen LogP contribution in [0.4, 0.5) is 4.39 Å². The maximum atomic E-state index is 14.4. The fourth-order valence-electron chi connectivity index (χ4n) is 1.83. The average molecular weight is 274 g/mol. The Balaban J connectivity index is 3.22. The molecule has 2 N–H and O–H groups in total. The number of benzene rings is 1. The van der Waals surface area contributed by atoms with E-state index in [0.717, 1.165) is 12.0 Å². The van der Waals surface area contributed by atoms with Gasteiger partial charge in [-0.2, -0.15) is 0 Å². The van der Waals surface area contributed by atoms with Gasteiger partial charge in [0.15, 0.2) is 0 Å². The highest BCUT2D eigenvalue weighted by molar-refractivity contribution is 5.66. The first-order valence-corrected chi connectivity index (χ1v) is 6.72. The van der Waals surface area contributed by atoms with E-state index < -0.39 is 0 Å². The first kappa shape index (κ1) is 16.2. The van der Waals surface area contributed by atoms with Gasteiger partial charge in [-0.25, -0.2) is 4.39 Å². The predicted molar refractivity (Wildman–Crippen MR) is 84.4 cm³/mol. The molecule has 0 aromatic heterocycles. The maximum Gasteiger partial charge on any atom is 0.135 e. The van der Waals surface area contributed by atoms with E-state index in [1.807, 2.05) is 32.2 Å². The lowest BCUT2D eigenvalue weighted by Crippen LogP contribution is -2.20. The van der Waals surface area contributed by atoms with E-state index >= 15 is 0 Å². The van der Waals surface area contributed by atoms with Crippen LogP contribution in [0.5, 0.6) is 0 Å². The zero-order valence-corrected chi connectivity index (χ0v) is 12.5. The van der Waals surface area contributed by atoms with Gasteiger partial charge in [0.2, 0.25) is 0 Å². The second kappa shape index (κ2) is 7.06. The molecule has 0 saturated heterocycles. The van der Waals surface area contributed by atoms with Crippen molar-refractivity contribution in [3.63, 3.8) is 0 Å². The Bertz CT molecular complexity index is 544. The number of allylic oxidation sites excluding steroid dienone is 1. The molecule has 20 heavy (non-hydrogen) atoms. The molecule has 0 saturated carbocycles. The van der Waals surface area contributed by atoms with Crippen LogP contribution in [0, 0.1) is 19.7 Å². The fourth-order valence-corrected chi connectivity index (χ4v) is 1.83. The lowest BCUT2D eigenvalue weighted by atomic mass is 10.0. The summed E-state index contributed by atoms with van der Waals surface area (Å²) in [6.45, 7) is 13.9. The SMILES string of the molecule is C=C(CN)N(/C=C\CC)C(=C)c1ccc(C)c(C)c1F. The molecule has 3 heteroatoms. The van der Waals surface area contributed by atoms with Crippen LogP contribution in [-0.4, -0.2) is 11.4 Å². The molecule has 1 aromatic carbocycles. The molecule has 0 heterocycles. The van der Waals surface area contributed by atoms with Crippen LogP contribution in [-0.2, 0) is 0 Å². The van der Waals surface area contributed by atoms with E-state index in [1.54, 1.807) is 17.9 Å². The van der Waals surface area contributed by atoms with Gasteiger partial charge in [0.1, 0.15) is 5.82 Å². The lowest BCUT2D eigenvalue weighted by molar-refractivity contribution is 0.593. The van der Waals surface area contributed by atoms with Gasteiger partial charge in [-0.3, -0.25) is 0 Å². The molecule has 0 bridgehead atoms. The smallest absolute Gasteiger partial charge is 0.135 e. The Labute approximate surface area is 121 Å². The van der Waals surface area contributed by atoms with Gasteiger partial charge in [-0.1, -0.05) is 32.2 Å². The summed E-state index contributed by atoms with van der Waals surface area (Å²) in [6, 6.07) is 3.64. The van der Waals surface area contributed by atoms with Crippen LogP contribution in [0.2, 0.25) is 0 Å². The summed E-state index contributed by atoms with van der Waals surface area (Å²) in [5, 5.41) is 0. The number of nitrogens with zero attached hydrogens (tertiary/aromatic N) is 1. The molecule has 0 aliphatic carbocycles. The van der Waals surface area contributed by atoms with Crippen molar-refractivity contribution in [1.82, 2.24) is 4.90 Å². The Kier molecular flexibility index (Phi) is 5.71. The van der Waals surface area contributed by atoms with Crippen LogP contribution in [0.3, 0.4) is 0 Å². The highest BCUT2D eigenvalue weighted by atomic mass is 19.1. The topological polar surface area (TPSA) is 29.3 Å². The van der Waals surface area contributed by atoms with Gasteiger partial charge in [0.05, 0.1) is 0 Å². The number of rotatable bonds is 6. The molecule has 1 rings (SSSR count). The number of hydrogen-bond donors (Lipinski definition) is 1. The summed E-state index contributed by atoms with van der Waals surface area (Å²) in [7, 11) is 0. The van der Waals surface area contributed by atoms with Crippen molar-refractivity contribution in [2.45, 2.75) is 27.2 Å². The molecule has 0 amide bonds. The zero-order chi connectivity index (χ0) is 15.3. The highest BCUT2D eigenvalue weighted by Crippen LogP contribution is 2.27. The summed E-state index contributed by atoms with van der Waals surface area (Å²) in [6.07, 6.45) is 4.67. The molecule has 0 aliphatic heterocycles. The summed E-state index contributed by atoms with van der Waals surface area (Å²) in [5.74, 6) is -0.241. The quantitative estimate of drug-likeness (QED) is 0.845. The van der Waals surface area contributed by atoms with Crippen molar-refractivity contribution >= 4 is 5.70 Å². The normalized spacial score (nSPS) is 10.8. The molecule has 0 radical (unpaired) electrons. The molecule has 0 atom stereocenters. The lowest BCUT2D eigenvalue weighted by Gasteiger charge is -2.25. The summed E-state index contributed by atoms with van der Waals surface area (Å²) in [4.78, 5) is 1.75. The van der Waals surface area contributed by atoms with Crippen molar-refractivity contribution in [2.75, 3.05) is 6.54 Å². The van der Waals surface area contributed by atoms with Crippen LogP contribution < -0.4 is 5.73 Å². The summed E-state index contributed by atoms with van der Waals surface area (Å²) in [5.41, 5.74) is 8.91. The first-order valence-electron chi connectivity index (χ1n) is 6.72. The molecule has 0 aliphatic rings. The molecule has 2 nitrogen and oxygen atoms in total. The largest absolute Gasteiger partial charge is 0.325 e. The fraction of sp³-hybridized carbons (Fsp3) is 0.294. The highest BCUT2D eigenvalue weighted by Gasteiger charge is 2.15. The number of hydrogen-bond acceptors (Lipinski definition) is 2. The van der Waals surface area contributed by atoms with E-state index in [4.69, 9.17) is 5.73 Å². The summed E-state index contributed by atoms with van der Waals surface area (Å²) >= 11 is 0. The Morgan fingerprint density at radius 2 is 2.00 bits per heavy atom. The number of nitrogens with two attached hydrogens (primary N) is 1. The molecule has 0 spiro atoms. The zero-order valence-electron chi connectivity index (χ0n) is 12.5. The number of aryl methyl sites for hydroxylation is 1. The number of halogens is 1. The van der Waals surface area contributed by atoms with E-state index in [-0.39, 0.29) is 5.82 Å². The third-order valence-corrected chi connectivity index (χ3v) is 3.33. The van der Waals surface area contributed by atoms with Gasteiger partial charge in [-0.05, 0) is 37.5 Å². The standard InChI is InChI=1S/C17H23FN2/c1-6-7-10-20(13(3)11-19)15(5)16-9-8-12(2)14(4)17(16)18/h7-10H,3,5-6,11,19H2,1-2,4H3/b10-7-. The van der Waals surface area contributed by atoms with Crippen molar-refractivity contribution in [1.29, 1.82) is 0 Å². The second-order valence-electron chi connectivity index (χ2n) is 4.75. The minimum Gasteiger partial charge on any atom is -0.325 e. The van der Waals surface area contributed by atoms with Crippen molar-refractivity contribution < 1.29 is 4.39 Å². The van der Waals surface area contributed by atoms with E-state index in [9.17, 15) is 4.39 Å². The Morgan fingerprint density at radius 1 is 1.35 bits per heavy atom. The van der Waals surface area contributed by atoms with Crippen LogP contribution in [0.25, 0.3) is 5.70 Å². The predicted octanol–water partition coefficient (Wildman–Crippen LogP) is 4.11. The monoisotopic (exact) mass is 274 g/mol. The van der Waals surface area contributed by atoms with Gasteiger partial charge >= 0.3 is 0 Å². The third-order valence-electron chi connectivity index (χ3n) is 3.33. The minimum absolute atomic E-state index is 0.241. The second-order valence-corrected chi connectivity index (χ2v) is 4.75. The van der Waals surface area contributed by atoms with Gasteiger partial charge in [0.25, 0.3) is 0 Å². The van der Waals surface area contributed by atoms with Gasteiger partial charge in [0, 0.05) is 29.7 Å². The molecule has 0 unspecified atom stereocenters. The maximum absolute atomic E-state index is 14.4. The van der Waals surface area contributed by atoms with E-state index in [1.165, 1.54) is 0 Å². The van der Waals surface area contributed by atoms with Crippen LogP contribution >= 0.6 is 0 Å². The van der Waals surface area contributed by atoms with Crippen molar-refractivity contribution in [3.8, 4) is 0 Å². The van der Waals surface area contributed by atoms with Gasteiger partial charge < -0.3 is 10.6 Å². The molecule has 1 aromatic rings. The van der Waals surface area contributed by atoms with E-state index in [0.29, 0.717) is 29.1 Å². The minimum atomic E-state index is -0.241. The van der Waals surface area contributed by atoms with Crippen LogP contribution in [0.15, 0.2) is 43.3 Å². The molecular weight excluding hydrogens is 251 g/mol. The third kappa shape index (κ3) is 3.36. The molecular formula is C17H23FN2. The van der Waals surface area contributed by atoms with Gasteiger partial charge in [-0.15, -0.1) is 0 Å². The molecule has 0 fully saturated rings.